The van der Waals surface area contributed by atoms with Crippen molar-refractivity contribution in [2.24, 2.45) is 17.8 Å². The van der Waals surface area contributed by atoms with E-state index in [4.69, 9.17) is 16.3 Å². The van der Waals surface area contributed by atoms with Crippen LogP contribution in [0.25, 0.3) is 0 Å². The van der Waals surface area contributed by atoms with Crippen molar-refractivity contribution in [3.8, 4) is 0 Å². The van der Waals surface area contributed by atoms with Crippen LogP contribution in [0.3, 0.4) is 0 Å². The molecule has 0 radical (unpaired) electrons. The third kappa shape index (κ3) is 3.54. The molecule has 36 heavy (non-hydrogen) atoms. The molecule has 2 bridgehead atoms. The molecular weight excluding hydrogens is 482 g/mol. The maximum absolute atomic E-state index is 14.0. The summed E-state index contributed by atoms with van der Waals surface area (Å²) in [5.41, 5.74) is -1.11. The monoisotopic (exact) mass is 511 g/mol. The number of likely N-dealkylation sites (tertiary alicyclic amines) is 1. The van der Waals surface area contributed by atoms with E-state index in [-0.39, 0.29) is 24.3 Å². The highest BCUT2D eigenvalue weighted by molar-refractivity contribution is 6.33. The van der Waals surface area contributed by atoms with Gasteiger partial charge in [0.15, 0.2) is 0 Å². The van der Waals surface area contributed by atoms with Crippen molar-refractivity contribution in [2.75, 3.05) is 17.2 Å². The van der Waals surface area contributed by atoms with Crippen LogP contribution in [0.2, 0.25) is 5.02 Å². The third-order valence-corrected chi connectivity index (χ3v) is 8.53. The summed E-state index contributed by atoms with van der Waals surface area (Å²) in [5.74, 6) is -2.90. The number of aliphatic hydroxyl groups excluding tert-OH is 1. The van der Waals surface area contributed by atoms with Gasteiger partial charge in [0.05, 0.1) is 40.8 Å². The third-order valence-electron chi connectivity index (χ3n) is 8.20. The fourth-order valence-corrected chi connectivity index (χ4v) is 6.63. The van der Waals surface area contributed by atoms with Gasteiger partial charge >= 0.3 is 0 Å². The number of rotatable bonds is 6. The van der Waals surface area contributed by atoms with Gasteiger partial charge in [-0.15, -0.1) is 0 Å². The Balaban J connectivity index is 1.56. The molecule has 8 nitrogen and oxygen atoms in total. The largest absolute Gasteiger partial charge is 0.394 e. The first-order valence-electron chi connectivity index (χ1n) is 12.2. The van der Waals surface area contributed by atoms with E-state index in [9.17, 15) is 19.5 Å². The number of anilines is 2. The lowest BCUT2D eigenvalue weighted by Gasteiger charge is -2.36. The smallest absolute Gasteiger partial charge is 0.250 e. The van der Waals surface area contributed by atoms with Crippen LogP contribution in [-0.4, -0.2) is 57.6 Å². The number of nitrogens with one attached hydrogen (secondary N) is 2. The van der Waals surface area contributed by atoms with E-state index in [1.165, 1.54) is 4.90 Å². The molecule has 2 aromatic carbocycles. The van der Waals surface area contributed by atoms with Gasteiger partial charge in [-0.25, -0.2) is 0 Å². The zero-order valence-corrected chi connectivity index (χ0v) is 21.2. The molecule has 3 saturated heterocycles. The molecule has 2 aromatic rings. The summed E-state index contributed by atoms with van der Waals surface area (Å²) in [6.07, 6.45) is 0.435. The van der Waals surface area contributed by atoms with Crippen molar-refractivity contribution in [1.29, 1.82) is 0 Å². The molecule has 3 fully saturated rings. The molecule has 1 spiro atoms. The molecule has 3 aliphatic heterocycles. The highest BCUT2D eigenvalue weighted by Gasteiger charge is 2.80. The number of aliphatic hydroxyl groups is 1. The average molecular weight is 512 g/mol. The van der Waals surface area contributed by atoms with Crippen LogP contribution in [0, 0.1) is 17.8 Å². The fraction of sp³-hybridized carbons (Fsp3) is 0.444. The number of amides is 3. The zero-order chi connectivity index (χ0) is 25.8. The molecule has 0 saturated carbocycles. The minimum Gasteiger partial charge on any atom is -0.394 e. The number of carbonyl (C=O) groups excluding carboxylic acids is 3. The molecule has 3 heterocycles. The van der Waals surface area contributed by atoms with Crippen molar-refractivity contribution < 1.29 is 24.2 Å². The van der Waals surface area contributed by atoms with Gasteiger partial charge in [0, 0.05) is 5.69 Å². The quantitative estimate of drug-likeness (QED) is 0.551. The predicted octanol–water partition coefficient (Wildman–Crippen LogP) is 3.31. The molecule has 3 unspecified atom stereocenters. The molecule has 0 aromatic heterocycles. The van der Waals surface area contributed by atoms with Crippen LogP contribution in [-0.2, 0) is 19.1 Å². The second-order valence-electron chi connectivity index (χ2n) is 10.3. The summed E-state index contributed by atoms with van der Waals surface area (Å²) in [5, 5.41) is 16.1. The van der Waals surface area contributed by atoms with Gasteiger partial charge in [0.25, 0.3) is 0 Å². The lowest BCUT2D eigenvalue weighted by molar-refractivity contribution is -0.147. The maximum atomic E-state index is 14.0. The van der Waals surface area contributed by atoms with E-state index in [2.05, 4.69) is 10.6 Å². The van der Waals surface area contributed by atoms with E-state index < -0.39 is 41.0 Å². The van der Waals surface area contributed by atoms with Gasteiger partial charge in [-0.1, -0.05) is 48.9 Å². The summed E-state index contributed by atoms with van der Waals surface area (Å²) in [4.78, 5) is 42.9. The first-order valence-corrected chi connectivity index (χ1v) is 12.6. The Kier molecular flexibility index (Phi) is 6.09. The van der Waals surface area contributed by atoms with Gasteiger partial charge in [-0.3, -0.25) is 14.4 Å². The van der Waals surface area contributed by atoms with Crippen molar-refractivity contribution in [3.63, 3.8) is 0 Å². The van der Waals surface area contributed by atoms with Crippen LogP contribution < -0.4 is 10.6 Å². The lowest BCUT2D eigenvalue weighted by Crippen LogP contribution is -2.56. The summed E-state index contributed by atoms with van der Waals surface area (Å²) in [6, 6.07) is 14.2. The highest BCUT2D eigenvalue weighted by Crippen LogP contribution is 2.65. The normalized spacial score (nSPS) is 33.4. The van der Waals surface area contributed by atoms with Crippen molar-refractivity contribution in [1.82, 2.24) is 4.90 Å². The van der Waals surface area contributed by atoms with E-state index in [1.807, 2.05) is 32.0 Å². The molecule has 5 rings (SSSR count). The van der Waals surface area contributed by atoms with Gasteiger partial charge in [0.1, 0.15) is 11.6 Å². The molecule has 7 atom stereocenters. The Morgan fingerprint density at radius 3 is 2.47 bits per heavy atom. The Morgan fingerprint density at radius 1 is 1.14 bits per heavy atom. The lowest BCUT2D eigenvalue weighted by atomic mass is 9.62. The molecule has 9 heteroatoms. The second kappa shape index (κ2) is 8.87. The van der Waals surface area contributed by atoms with Gasteiger partial charge in [-0.2, -0.15) is 0 Å². The Bertz CT molecular complexity index is 1210. The molecule has 0 aliphatic carbocycles. The van der Waals surface area contributed by atoms with Crippen LogP contribution in [0.4, 0.5) is 11.4 Å². The van der Waals surface area contributed by atoms with E-state index in [0.29, 0.717) is 22.8 Å². The number of carbonyl (C=O) groups is 3. The Labute approximate surface area is 215 Å². The first kappa shape index (κ1) is 24.7. The Hall–Kier alpha value is -2.94. The number of para-hydroxylation sites is 2. The first-order chi connectivity index (χ1) is 17.1. The maximum Gasteiger partial charge on any atom is 0.250 e. The number of hydrogen-bond acceptors (Lipinski definition) is 5. The Morgan fingerprint density at radius 2 is 1.81 bits per heavy atom. The number of nitrogens with zero attached hydrogens (tertiary/aromatic N) is 1. The van der Waals surface area contributed by atoms with Gasteiger partial charge < -0.3 is 25.4 Å². The van der Waals surface area contributed by atoms with E-state index in [1.54, 1.807) is 43.3 Å². The van der Waals surface area contributed by atoms with Crippen molar-refractivity contribution >= 4 is 40.7 Å². The average Bonchev–Trinajstić information content (AvgIpc) is 3.37. The fourth-order valence-electron chi connectivity index (χ4n) is 6.44. The summed E-state index contributed by atoms with van der Waals surface area (Å²) in [7, 11) is 0. The summed E-state index contributed by atoms with van der Waals surface area (Å²) < 4.78 is 6.65. The number of benzene rings is 2. The van der Waals surface area contributed by atoms with Crippen LogP contribution >= 0.6 is 11.6 Å². The SMILES string of the molecule is CC1CC23O[C@@]1(C)[C@H](C(=O)Nc1ccccc1)[C@H]2C(=O)N([C@H](C)CO)C3C(=O)Nc1ccccc1Cl. The molecular formula is C27H30ClN3O5. The van der Waals surface area contributed by atoms with Gasteiger partial charge in [-0.05, 0) is 50.5 Å². The number of ether oxygens (including phenoxy) is 1. The summed E-state index contributed by atoms with van der Waals surface area (Å²) >= 11 is 6.29. The topological polar surface area (TPSA) is 108 Å². The van der Waals surface area contributed by atoms with Crippen molar-refractivity contribution in [2.45, 2.75) is 50.5 Å². The summed E-state index contributed by atoms with van der Waals surface area (Å²) in [6.45, 7) is 5.19. The minimum absolute atomic E-state index is 0.0898. The number of halogens is 1. The van der Waals surface area contributed by atoms with Crippen LogP contribution in [0.15, 0.2) is 54.6 Å². The van der Waals surface area contributed by atoms with E-state index >= 15 is 0 Å². The molecule has 3 aliphatic rings. The highest BCUT2D eigenvalue weighted by atomic mass is 35.5. The number of fused-ring (bicyclic) bond motifs is 1. The molecule has 3 N–H and O–H groups in total. The van der Waals surface area contributed by atoms with Crippen molar-refractivity contribution in [3.05, 3.63) is 59.6 Å². The van der Waals surface area contributed by atoms with Gasteiger partial charge in [0.2, 0.25) is 17.7 Å². The van der Waals surface area contributed by atoms with Crippen LogP contribution in [0.1, 0.15) is 27.2 Å². The predicted molar refractivity (Wildman–Crippen MR) is 135 cm³/mol. The van der Waals surface area contributed by atoms with Crippen LogP contribution in [0.5, 0.6) is 0 Å². The second-order valence-corrected chi connectivity index (χ2v) is 10.7. The molecule has 3 amide bonds. The standard InChI is InChI=1S/C27H30ClN3O5/c1-15-13-27-21(20(26(15,3)36-27)23(33)29-17-9-5-4-6-10-17)25(35)31(16(2)14-32)22(27)24(34)30-19-12-8-7-11-18(19)28/h4-12,15-16,20-22,32H,13-14H2,1-3H3,(H,29,33)(H,30,34)/t15?,16-,20+,21+,22?,26-,27?/m1/s1. The number of hydrogen-bond donors (Lipinski definition) is 3. The van der Waals surface area contributed by atoms with E-state index in [0.717, 1.165) is 0 Å². The molecule has 190 valence electrons. The zero-order valence-electron chi connectivity index (χ0n) is 20.4. The minimum atomic E-state index is -1.21.